The molecule has 3 heteroatoms. The van der Waals surface area contributed by atoms with Crippen LogP contribution in [-0.4, -0.2) is 35.6 Å². The molecule has 21 heavy (non-hydrogen) atoms. The van der Waals surface area contributed by atoms with Crippen LogP contribution in [0.1, 0.15) is 18.4 Å². The molecule has 0 aliphatic carbocycles. The highest BCUT2D eigenvalue weighted by molar-refractivity contribution is 5.16. The zero-order chi connectivity index (χ0) is 14.3. The van der Waals surface area contributed by atoms with Gasteiger partial charge in [-0.2, -0.15) is 0 Å². The molecule has 0 unspecified atom stereocenters. The molecule has 1 aliphatic rings. The topological polar surface area (TPSA) is 25.4 Å². The number of hydrogen-bond acceptors (Lipinski definition) is 3. The van der Waals surface area contributed by atoms with Gasteiger partial charge in [-0.1, -0.05) is 30.3 Å². The minimum absolute atomic E-state index is 0.335. The number of hydrogen-bond donors (Lipinski definition) is 0. The second-order valence-corrected chi connectivity index (χ2v) is 5.58. The molecule has 1 aromatic carbocycles. The van der Waals surface area contributed by atoms with E-state index in [1.165, 1.54) is 5.56 Å². The fourth-order valence-electron chi connectivity index (χ4n) is 2.79. The summed E-state index contributed by atoms with van der Waals surface area (Å²) in [6.07, 6.45) is 7.24. The standard InChI is InChI=1S/C18H22N2O/c1-2-5-16(6-3-1)8-12-20-13-9-17(10-14-20)21-18-7-4-11-19-15-18/h1-7,11,15,17H,8-10,12-14H2. The van der Waals surface area contributed by atoms with Gasteiger partial charge in [0.1, 0.15) is 11.9 Å². The molecule has 2 aromatic rings. The Balaban J connectivity index is 1.41. The first-order valence-corrected chi connectivity index (χ1v) is 7.73. The number of rotatable bonds is 5. The molecule has 0 radical (unpaired) electrons. The van der Waals surface area contributed by atoms with Crippen LogP contribution in [-0.2, 0) is 6.42 Å². The van der Waals surface area contributed by atoms with Crippen LogP contribution in [0.25, 0.3) is 0 Å². The molecule has 0 spiro atoms. The van der Waals surface area contributed by atoms with E-state index in [4.69, 9.17) is 4.74 Å². The lowest BCUT2D eigenvalue weighted by atomic mass is 10.1. The van der Waals surface area contributed by atoms with Gasteiger partial charge in [0.2, 0.25) is 0 Å². The number of ether oxygens (including phenoxy) is 1. The predicted molar refractivity (Wildman–Crippen MR) is 84.5 cm³/mol. The highest BCUT2D eigenvalue weighted by Crippen LogP contribution is 2.18. The molecule has 1 fully saturated rings. The van der Waals surface area contributed by atoms with Crippen LogP contribution in [0.4, 0.5) is 0 Å². The molecular formula is C18H22N2O. The van der Waals surface area contributed by atoms with Crippen molar-refractivity contribution in [2.45, 2.75) is 25.4 Å². The Kier molecular flexibility index (Phi) is 4.85. The monoisotopic (exact) mass is 282 g/mol. The highest BCUT2D eigenvalue weighted by Gasteiger charge is 2.20. The number of likely N-dealkylation sites (tertiary alicyclic amines) is 1. The van der Waals surface area contributed by atoms with E-state index in [1.807, 2.05) is 12.1 Å². The van der Waals surface area contributed by atoms with Crippen molar-refractivity contribution in [1.29, 1.82) is 0 Å². The summed E-state index contributed by atoms with van der Waals surface area (Å²) >= 11 is 0. The molecule has 0 amide bonds. The van der Waals surface area contributed by atoms with Crippen molar-refractivity contribution in [2.75, 3.05) is 19.6 Å². The van der Waals surface area contributed by atoms with E-state index in [-0.39, 0.29) is 0 Å². The quantitative estimate of drug-likeness (QED) is 0.842. The van der Waals surface area contributed by atoms with Gasteiger partial charge in [-0.25, -0.2) is 0 Å². The molecule has 0 N–H and O–H groups in total. The van der Waals surface area contributed by atoms with E-state index < -0.39 is 0 Å². The molecule has 110 valence electrons. The van der Waals surface area contributed by atoms with E-state index in [2.05, 4.69) is 40.2 Å². The van der Waals surface area contributed by atoms with E-state index in [0.29, 0.717) is 6.10 Å². The molecule has 0 bridgehead atoms. The summed E-state index contributed by atoms with van der Waals surface area (Å²) in [5, 5.41) is 0. The third-order valence-electron chi connectivity index (χ3n) is 4.03. The van der Waals surface area contributed by atoms with Gasteiger partial charge in [-0.3, -0.25) is 4.98 Å². The Morgan fingerprint density at radius 3 is 2.57 bits per heavy atom. The van der Waals surface area contributed by atoms with Crippen LogP contribution in [0.3, 0.4) is 0 Å². The molecule has 0 atom stereocenters. The number of piperidine rings is 1. The van der Waals surface area contributed by atoms with Crippen molar-refractivity contribution in [3.8, 4) is 5.75 Å². The van der Waals surface area contributed by atoms with Crippen molar-refractivity contribution in [1.82, 2.24) is 9.88 Å². The number of aromatic nitrogens is 1. The Labute approximate surface area is 126 Å². The predicted octanol–water partition coefficient (Wildman–Crippen LogP) is 3.17. The summed E-state index contributed by atoms with van der Waals surface area (Å²) in [6, 6.07) is 14.6. The highest BCUT2D eigenvalue weighted by atomic mass is 16.5. The van der Waals surface area contributed by atoms with E-state index in [9.17, 15) is 0 Å². The van der Waals surface area contributed by atoms with Gasteiger partial charge in [-0.05, 0) is 37.0 Å². The zero-order valence-corrected chi connectivity index (χ0v) is 12.3. The van der Waals surface area contributed by atoms with E-state index in [1.54, 1.807) is 12.4 Å². The van der Waals surface area contributed by atoms with Crippen LogP contribution in [0.2, 0.25) is 0 Å². The van der Waals surface area contributed by atoms with Crippen molar-refractivity contribution < 1.29 is 4.74 Å². The fourth-order valence-corrected chi connectivity index (χ4v) is 2.79. The minimum atomic E-state index is 0.335. The van der Waals surface area contributed by atoms with Crippen LogP contribution in [0.15, 0.2) is 54.9 Å². The Morgan fingerprint density at radius 2 is 1.86 bits per heavy atom. The maximum absolute atomic E-state index is 5.98. The van der Waals surface area contributed by atoms with Gasteiger partial charge in [-0.15, -0.1) is 0 Å². The Bertz CT molecular complexity index is 521. The van der Waals surface area contributed by atoms with Gasteiger partial charge in [0, 0.05) is 25.8 Å². The van der Waals surface area contributed by atoms with Crippen LogP contribution in [0.5, 0.6) is 5.75 Å². The molecule has 3 rings (SSSR count). The van der Waals surface area contributed by atoms with Crippen LogP contribution in [0, 0.1) is 0 Å². The van der Waals surface area contributed by atoms with Crippen molar-refractivity contribution in [3.05, 3.63) is 60.4 Å². The molecule has 1 aliphatic heterocycles. The Morgan fingerprint density at radius 1 is 1.05 bits per heavy atom. The molecular weight excluding hydrogens is 260 g/mol. The van der Waals surface area contributed by atoms with Gasteiger partial charge in [0.05, 0.1) is 6.20 Å². The van der Waals surface area contributed by atoms with E-state index >= 15 is 0 Å². The van der Waals surface area contributed by atoms with Gasteiger partial charge in [0.15, 0.2) is 0 Å². The average molecular weight is 282 g/mol. The molecule has 0 saturated carbocycles. The smallest absolute Gasteiger partial charge is 0.137 e. The maximum atomic E-state index is 5.98. The lowest BCUT2D eigenvalue weighted by molar-refractivity contribution is 0.101. The number of nitrogens with zero attached hydrogens (tertiary/aromatic N) is 2. The lowest BCUT2D eigenvalue weighted by Gasteiger charge is -2.32. The second-order valence-electron chi connectivity index (χ2n) is 5.58. The van der Waals surface area contributed by atoms with E-state index in [0.717, 1.165) is 44.6 Å². The first-order valence-electron chi connectivity index (χ1n) is 7.73. The van der Waals surface area contributed by atoms with Crippen LogP contribution < -0.4 is 4.74 Å². The molecule has 2 heterocycles. The summed E-state index contributed by atoms with van der Waals surface area (Å²) in [5.41, 5.74) is 1.42. The van der Waals surface area contributed by atoms with Gasteiger partial charge < -0.3 is 9.64 Å². The molecule has 3 nitrogen and oxygen atoms in total. The first kappa shape index (κ1) is 14.1. The fraction of sp³-hybridized carbons (Fsp3) is 0.389. The number of benzene rings is 1. The normalized spacial score (nSPS) is 16.8. The van der Waals surface area contributed by atoms with Crippen molar-refractivity contribution in [2.24, 2.45) is 0 Å². The Hall–Kier alpha value is -1.87. The summed E-state index contributed by atoms with van der Waals surface area (Å²) in [4.78, 5) is 6.63. The van der Waals surface area contributed by atoms with Crippen molar-refractivity contribution >= 4 is 0 Å². The average Bonchev–Trinajstić information content (AvgIpc) is 2.56. The molecule has 1 saturated heterocycles. The largest absolute Gasteiger partial charge is 0.489 e. The van der Waals surface area contributed by atoms with Crippen LogP contribution >= 0.6 is 0 Å². The zero-order valence-electron chi connectivity index (χ0n) is 12.3. The summed E-state index contributed by atoms with van der Waals surface area (Å²) in [7, 11) is 0. The third kappa shape index (κ3) is 4.30. The minimum Gasteiger partial charge on any atom is -0.489 e. The first-order chi connectivity index (χ1) is 10.4. The summed E-state index contributed by atoms with van der Waals surface area (Å²) < 4.78 is 5.98. The maximum Gasteiger partial charge on any atom is 0.137 e. The third-order valence-corrected chi connectivity index (χ3v) is 4.03. The SMILES string of the molecule is c1ccc(CCN2CCC(Oc3cccnc3)CC2)cc1. The molecule has 1 aromatic heterocycles. The summed E-state index contributed by atoms with van der Waals surface area (Å²) in [6.45, 7) is 3.39. The van der Waals surface area contributed by atoms with Crippen molar-refractivity contribution in [3.63, 3.8) is 0 Å². The van der Waals surface area contributed by atoms with Gasteiger partial charge in [0.25, 0.3) is 0 Å². The van der Waals surface area contributed by atoms with Gasteiger partial charge >= 0.3 is 0 Å². The second kappa shape index (κ2) is 7.23. The number of pyridine rings is 1. The summed E-state index contributed by atoms with van der Waals surface area (Å²) in [5.74, 6) is 0.889. The lowest BCUT2D eigenvalue weighted by Crippen LogP contribution is -2.39.